The van der Waals surface area contributed by atoms with Gasteiger partial charge in [0.2, 0.25) is 0 Å². The Bertz CT molecular complexity index is 343. The summed E-state index contributed by atoms with van der Waals surface area (Å²) >= 11 is 0. The fraction of sp³-hybridized carbons (Fsp3) is 0.250. The summed E-state index contributed by atoms with van der Waals surface area (Å²) in [6.07, 6.45) is 6.70. The molecule has 1 N–H and O–H groups in total. The smallest absolute Gasteiger partial charge is 0.269 e. The van der Waals surface area contributed by atoms with Crippen LogP contribution in [0.4, 0.5) is 0 Å². The van der Waals surface area contributed by atoms with Gasteiger partial charge in [0.05, 0.1) is 11.0 Å². The second-order valence-corrected chi connectivity index (χ2v) is 3.01. The maximum absolute atomic E-state index is 10.4. The number of hydrogen-bond acceptors (Lipinski definition) is 4. The summed E-state index contributed by atoms with van der Waals surface area (Å²) in [4.78, 5) is 10.1. The molecule has 0 aromatic rings. The quantitative estimate of drug-likeness (QED) is 0.468. The fourth-order valence-electron chi connectivity index (χ4n) is 1.46. The van der Waals surface area contributed by atoms with E-state index in [1.54, 1.807) is 12.3 Å². The summed E-state index contributed by atoms with van der Waals surface area (Å²) < 4.78 is 0. The van der Waals surface area contributed by atoms with Crippen LogP contribution in [0.25, 0.3) is 0 Å². The molecule has 0 aromatic heterocycles. The van der Waals surface area contributed by atoms with Crippen molar-refractivity contribution < 1.29 is 4.92 Å². The number of nitrogens with one attached hydrogen (secondary N) is 1. The van der Waals surface area contributed by atoms with Crippen molar-refractivity contribution in [1.29, 1.82) is 0 Å². The maximum Gasteiger partial charge on any atom is 0.269 e. The van der Waals surface area contributed by atoms with Gasteiger partial charge in [-0.1, -0.05) is 6.08 Å². The van der Waals surface area contributed by atoms with Crippen LogP contribution in [0, 0.1) is 10.1 Å². The molecule has 0 radical (unpaired) electrons. The predicted molar refractivity (Wildman–Crippen MR) is 47.0 cm³/mol. The Hall–Kier alpha value is -1.62. The molecule has 1 aliphatic carbocycles. The first kappa shape index (κ1) is 8.00. The summed E-state index contributed by atoms with van der Waals surface area (Å²) in [6.45, 7) is 0. The SMILES string of the molecule is CN1NC=C2C=C([N+](=O)[O-])C=CC21. The largest absolute Gasteiger partial charge is 0.325 e. The van der Waals surface area contributed by atoms with Gasteiger partial charge < -0.3 is 5.43 Å². The van der Waals surface area contributed by atoms with Crippen LogP contribution in [-0.4, -0.2) is 23.0 Å². The Labute approximate surface area is 75.1 Å². The van der Waals surface area contributed by atoms with E-state index in [0.717, 1.165) is 5.57 Å². The average Bonchev–Trinajstić information content (AvgIpc) is 2.47. The van der Waals surface area contributed by atoms with Crippen LogP contribution in [0.1, 0.15) is 0 Å². The van der Waals surface area contributed by atoms with Gasteiger partial charge >= 0.3 is 0 Å². The lowest BCUT2D eigenvalue weighted by molar-refractivity contribution is -0.419. The molecule has 0 spiro atoms. The molecule has 0 fully saturated rings. The van der Waals surface area contributed by atoms with Crippen molar-refractivity contribution in [2.75, 3.05) is 7.05 Å². The van der Waals surface area contributed by atoms with Crippen LogP contribution >= 0.6 is 0 Å². The molecule has 2 rings (SSSR count). The maximum atomic E-state index is 10.4. The first-order valence-corrected chi connectivity index (χ1v) is 3.92. The lowest BCUT2D eigenvalue weighted by Crippen LogP contribution is -2.33. The van der Waals surface area contributed by atoms with Crippen molar-refractivity contribution in [3.8, 4) is 0 Å². The Balaban J connectivity index is 2.29. The molecule has 0 bridgehead atoms. The van der Waals surface area contributed by atoms with E-state index >= 15 is 0 Å². The lowest BCUT2D eigenvalue weighted by Gasteiger charge is -2.19. The van der Waals surface area contributed by atoms with Crippen LogP contribution in [0.5, 0.6) is 0 Å². The van der Waals surface area contributed by atoms with Gasteiger partial charge in [0.15, 0.2) is 0 Å². The normalized spacial score (nSPS) is 26.1. The number of nitrogens with zero attached hydrogens (tertiary/aromatic N) is 2. The number of fused-ring (bicyclic) bond motifs is 1. The zero-order chi connectivity index (χ0) is 9.42. The summed E-state index contributed by atoms with van der Waals surface area (Å²) in [5.74, 6) is 0. The second-order valence-electron chi connectivity index (χ2n) is 3.01. The number of rotatable bonds is 1. The van der Waals surface area contributed by atoms with Gasteiger partial charge in [-0.15, -0.1) is 0 Å². The molecule has 0 saturated heterocycles. The van der Waals surface area contributed by atoms with Gasteiger partial charge in [-0.05, 0) is 5.57 Å². The fourth-order valence-corrected chi connectivity index (χ4v) is 1.46. The van der Waals surface area contributed by atoms with E-state index in [1.165, 1.54) is 6.08 Å². The summed E-state index contributed by atoms with van der Waals surface area (Å²) in [6, 6.07) is 0.128. The molecule has 13 heavy (non-hydrogen) atoms. The third kappa shape index (κ3) is 1.23. The van der Waals surface area contributed by atoms with E-state index < -0.39 is 0 Å². The molecular weight excluding hydrogens is 170 g/mol. The van der Waals surface area contributed by atoms with Gasteiger partial charge in [-0.25, -0.2) is 5.01 Å². The highest BCUT2D eigenvalue weighted by Crippen LogP contribution is 2.22. The molecule has 0 amide bonds. The highest BCUT2D eigenvalue weighted by Gasteiger charge is 2.26. The zero-order valence-corrected chi connectivity index (χ0v) is 7.10. The van der Waals surface area contributed by atoms with Gasteiger partial charge in [0.1, 0.15) is 0 Å². The minimum absolute atomic E-state index is 0.128. The first-order chi connectivity index (χ1) is 6.18. The Morgan fingerprint density at radius 1 is 1.69 bits per heavy atom. The molecule has 0 saturated carbocycles. The van der Waals surface area contributed by atoms with E-state index in [-0.39, 0.29) is 16.7 Å². The van der Waals surface area contributed by atoms with E-state index in [1.807, 2.05) is 18.1 Å². The molecule has 5 heteroatoms. The van der Waals surface area contributed by atoms with E-state index in [2.05, 4.69) is 5.43 Å². The van der Waals surface area contributed by atoms with Crippen molar-refractivity contribution in [3.63, 3.8) is 0 Å². The molecule has 1 aliphatic heterocycles. The second kappa shape index (κ2) is 2.70. The molecule has 68 valence electrons. The van der Waals surface area contributed by atoms with Crippen LogP contribution in [-0.2, 0) is 0 Å². The molecule has 1 heterocycles. The first-order valence-electron chi connectivity index (χ1n) is 3.92. The Morgan fingerprint density at radius 2 is 2.46 bits per heavy atom. The summed E-state index contributed by atoms with van der Waals surface area (Å²) in [5.41, 5.74) is 4.04. The molecular formula is C8H9N3O2. The third-order valence-electron chi connectivity index (χ3n) is 2.17. The van der Waals surface area contributed by atoms with E-state index in [9.17, 15) is 10.1 Å². The number of allylic oxidation sites excluding steroid dienone is 1. The number of hydrazine groups is 1. The number of hydrogen-bond donors (Lipinski definition) is 1. The van der Waals surface area contributed by atoms with Crippen LogP contribution in [0.2, 0.25) is 0 Å². The van der Waals surface area contributed by atoms with Crippen LogP contribution < -0.4 is 5.43 Å². The van der Waals surface area contributed by atoms with Gasteiger partial charge in [-0.2, -0.15) is 0 Å². The van der Waals surface area contributed by atoms with E-state index in [0.29, 0.717) is 0 Å². The highest BCUT2D eigenvalue weighted by molar-refractivity contribution is 5.40. The topological polar surface area (TPSA) is 58.4 Å². The number of nitro groups is 1. The third-order valence-corrected chi connectivity index (χ3v) is 2.17. The molecule has 1 unspecified atom stereocenters. The lowest BCUT2D eigenvalue weighted by atomic mass is 10.0. The van der Waals surface area contributed by atoms with Crippen LogP contribution in [0.3, 0.4) is 0 Å². The molecule has 0 aromatic carbocycles. The summed E-state index contributed by atoms with van der Waals surface area (Å²) in [7, 11) is 1.89. The van der Waals surface area contributed by atoms with Crippen molar-refractivity contribution in [2.45, 2.75) is 6.04 Å². The number of likely N-dealkylation sites (N-methyl/N-ethyl adjacent to an activating group) is 1. The highest BCUT2D eigenvalue weighted by atomic mass is 16.6. The predicted octanol–water partition coefficient (Wildman–Crippen LogP) is 0.419. The monoisotopic (exact) mass is 179 g/mol. The summed E-state index contributed by atoms with van der Waals surface area (Å²) in [5, 5.41) is 12.3. The van der Waals surface area contributed by atoms with Crippen molar-refractivity contribution in [2.24, 2.45) is 0 Å². The Morgan fingerprint density at radius 3 is 3.15 bits per heavy atom. The molecule has 2 aliphatic rings. The minimum atomic E-state index is -0.383. The van der Waals surface area contributed by atoms with Crippen LogP contribution in [0.15, 0.2) is 35.7 Å². The van der Waals surface area contributed by atoms with Crippen molar-refractivity contribution in [1.82, 2.24) is 10.4 Å². The van der Waals surface area contributed by atoms with E-state index in [4.69, 9.17) is 0 Å². The Kier molecular flexibility index (Phi) is 1.66. The minimum Gasteiger partial charge on any atom is -0.325 e. The average molecular weight is 179 g/mol. The van der Waals surface area contributed by atoms with Gasteiger partial charge in [0.25, 0.3) is 5.70 Å². The van der Waals surface area contributed by atoms with Crippen molar-refractivity contribution >= 4 is 0 Å². The molecule has 5 nitrogen and oxygen atoms in total. The zero-order valence-electron chi connectivity index (χ0n) is 7.10. The van der Waals surface area contributed by atoms with Gasteiger partial charge in [0, 0.05) is 25.4 Å². The van der Waals surface area contributed by atoms with Crippen molar-refractivity contribution in [3.05, 3.63) is 45.8 Å². The standard InChI is InChI=1S/C8H9N3O2/c1-10-8-3-2-7(11(12)13)4-6(8)5-9-10/h2-5,8-9H,1H3. The molecule has 1 atom stereocenters. The van der Waals surface area contributed by atoms with Gasteiger partial charge in [-0.3, -0.25) is 10.1 Å².